The molecule has 0 aliphatic carbocycles. The Morgan fingerprint density at radius 1 is 1.18 bits per heavy atom. The zero-order valence-corrected chi connectivity index (χ0v) is 16.3. The van der Waals surface area contributed by atoms with E-state index in [1.165, 1.54) is 15.9 Å². The van der Waals surface area contributed by atoms with E-state index in [0.717, 1.165) is 21.5 Å². The van der Waals surface area contributed by atoms with Crippen molar-refractivity contribution in [2.24, 2.45) is 0 Å². The smallest absolute Gasteiger partial charge is 0.348 e. The molecule has 0 aliphatic heterocycles. The number of hydrogen-bond acceptors (Lipinski definition) is 7. The largest absolute Gasteiger partial charge is 0.462 e. The summed E-state index contributed by atoms with van der Waals surface area (Å²) in [7, 11) is 0. The molecule has 0 fully saturated rings. The standard InChI is InChI=1S/C19H17N5O3S/c1-4-27-18(26)15-9-12-8-13(5-6-14(12)28-15)21-17(25)16-22-19-20-10(2)7-11(3)24(19)23-16/h5-9H,4H2,1-3H3,(H,21,25). The summed E-state index contributed by atoms with van der Waals surface area (Å²) in [5, 5.41) is 7.87. The van der Waals surface area contributed by atoms with Crippen molar-refractivity contribution in [3.05, 3.63) is 52.4 Å². The average Bonchev–Trinajstić information content (AvgIpc) is 3.25. The maximum absolute atomic E-state index is 12.6. The number of aromatic nitrogens is 4. The molecule has 0 saturated heterocycles. The van der Waals surface area contributed by atoms with Gasteiger partial charge in [0.15, 0.2) is 0 Å². The Labute approximate surface area is 164 Å². The minimum Gasteiger partial charge on any atom is -0.462 e. The molecule has 9 heteroatoms. The van der Waals surface area contributed by atoms with Gasteiger partial charge in [-0.25, -0.2) is 14.3 Å². The normalized spacial score (nSPS) is 11.1. The number of thiophene rings is 1. The Morgan fingerprint density at radius 3 is 2.79 bits per heavy atom. The van der Waals surface area contributed by atoms with Crippen LogP contribution in [0.5, 0.6) is 0 Å². The topological polar surface area (TPSA) is 98.5 Å². The van der Waals surface area contributed by atoms with Crippen LogP contribution >= 0.6 is 11.3 Å². The van der Waals surface area contributed by atoms with Crippen LogP contribution in [0.1, 0.15) is 38.6 Å². The van der Waals surface area contributed by atoms with Crippen LogP contribution in [0.25, 0.3) is 15.9 Å². The van der Waals surface area contributed by atoms with Gasteiger partial charge in [-0.05, 0) is 56.5 Å². The molecular weight excluding hydrogens is 378 g/mol. The third-order valence-electron chi connectivity index (χ3n) is 4.07. The molecule has 0 radical (unpaired) electrons. The Balaban J connectivity index is 1.59. The number of hydrogen-bond donors (Lipinski definition) is 1. The van der Waals surface area contributed by atoms with E-state index in [0.29, 0.717) is 22.9 Å². The van der Waals surface area contributed by atoms with Crippen LogP contribution < -0.4 is 5.32 Å². The molecule has 4 aromatic rings. The van der Waals surface area contributed by atoms with Gasteiger partial charge >= 0.3 is 5.97 Å². The van der Waals surface area contributed by atoms with Gasteiger partial charge in [0.25, 0.3) is 11.7 Å². The van der Waals surface area contributed by atoms with Crippen LogP contribution in [-0.2, 0) is 4.74 Å². The zero-order chi connectivity index (χ0) is 19.8. The number of rotatable bonds is 4. The number of fused-ring (bicyclic) bond motifs is 2. The van der Waals surface area contributed by atoms with Crippen LogP contribution in [0.3, 0.4) is 0 Å². The number of nitrogens with one attached hydrogen (secondary N) is 1. The van der Waals surface area contributed by atoms with E-state index in [1.54, 1.807) is 25.1 Å². The number of anilines is 1. The Bertz CT molecular complexity index is 1230. The fourth-order valence-corrected chi connectivity index (χ4v) is 3.81. The quantitative estimate of drug-likeness (QED) is 0.532. The summed E-state index contributed by atoms with van der Waals surface area (Å²) in [4.78, 5) is 33.5. The van der Waals surface area contributed by atoms with Gasteiger partial charge < -0.3 is 10.1 Å². The van der Waals surface area contributed by atoms with E-state index in [4.69, 9.17) is 4.74 Å². The van der Waals surface area contributed by atoms with Gasteiger partial charge in [-0.3, -0.25) is 4.79 Å². The summed E-state index contributed by atoms with van der Waals surface area (Å²) in [6.07, 6.45) is 0. The summed E-state index contributed by atoms with van der Waals surface area (Å²) in [5.74, 6) is -0.349. The molecule has 4 rings (SSSR count). The van der Waals surface area contributed by atoms with Gasteiger partial charge in [-0.1, -0.05) is 0 Å². The fraction of sp³-hybridized carbons (Fsp3) is 0.211. The highest BCUT2D eigenvalue weighted by atomic mass is 32.1. The molecule has 1 aromatic carbocycles. The summed E-state index contributed by atoms with van der Waals surface area (Å²) >= 11 is 1.35. The summed E-state index contributed by atoms with van der Waals surface area (Å²) < 4.78 is 7.50. The lowest BCUT2D eigenvalue weighted by molar-refractivity contribution is 0.0532. The van der Waals surface area contributed by atoms with E-state index in [1.807, 2.05) is 26.0 Å². The second-order valence-electron chi connectivity index (χ2n) is 6.22. The first kappa shape index (κ1) is 18.1. The predicted molar refractivity (Wildman–Crippen MR) is 106 cm³/mol. The van der Waals surface area contributed by atoms with Crippen molar-refractivity contribution in [3.63, 3.8) is 0 Å². The minimum atomic E-state index is -0.428. The Kier molecular flexibility index (Phi) is 4.52. The molecule has 0 unspecified atom stereocenters. The zero-order valence-electron chi connectivity index (χ0n) is 15.5. The maximum Gasteiger partial charge on any atom is 0.348 e. The van der Waals surface area contributed by atoms with Gasteiger partial charge in [0, 0.05) is 21.8 Å². The molecule has 0 saturated carbocycles. The van der Waals surface area contributed by atoms with Gasteiger partial charge in [-0.15, -0.1) is 16.4 Å². The van der Waals surface area contributed by atoms with Crippen molar-refractivity contribution in [2.45, 2.75) is 20.8 Å². The number of carbonyl (C=O) groups excluding carboxylic acids is 2. The number of amides is 1. The van der Waals surface area contributed by atoms with Crippen molar-refractivity contribution in [1.82, 2.24) is 19.6 Å². The minimum absolute atomic E-state index is 0.0406. The molecular formula is C19H17N5O3S. The van der Waals surface area contributed by atoms with E-state index < -0.39 is 5.91 Å². The highest BCUT2D eigenvalue weighted by Crippen LogP contribution is 2.28. The Hall–Kier alpha value is -3.33. The summed E-state index contributed by atoms with van der Waals surface area (Å²) in [5.41, 5.74) is 2.25. The highest BCUT2D eigenvalue weighted by Gasteiger charge is 2.16. The molecule has 3 aromatic heterocycles. The van der Waals surface area contributed by atoms with Crippen molar-refractivity contribution in [1.29, 1.82) is 0 Å². The van der Waals surface area contributed by atoms with E-state index >= 15 is 0 Å². The van der Waals surface area contributed by atoms with Crippen molar-refractivity contribution < 1.29 is 14.3 Å². The number of esters is 1. The summed E-state index contributed by atoms with van der Waals surface area (Å²) in [6, 6.07) is 9.05. The van der Waals surface area contributed by atoms with E-state index in [9.17, 15) is 9.59 Å². The molecule has 3 heterocycles. The molecule has 28 heavy (non-hydrogen) atoms. The second kappa shape index (κ2) is 7.01. The number of benzene rings is 1. The number of carbonyl (C=O) groups is 2. The van der Waals surface area contributed by atoms with Gasteiger partial charge in [0.1, 0.15) is 4.88 Å². The lowest BCUT2D eigenvalue weighted by Gasteiger charge is -2.02. The molecule has 0 spiro atoms. The molecule has 0 atom stereocenters. The molecule has 1 N–H and O–H groups in total. The molecule has 142 valence electrons. The lowest BCUT2D eigenvalue weighted by Crippen LogP contribution is -2.13. The third-order valence-corrected chi connectivity index (χ3v) is 5.17. The van der Waals surface area contributed by atoms with E-state index in [-0.39, 0.29) is 11.8 Å². The monoisotopic (exact) mass is 395 g/mol. The van der Waals surface area contributed by atoms with Crippen molar-refractivity contribution in [3.8, 4) is 0 Å². The van der Waals surface area contributed by atoms with E-state index in [2.05, 4.69) is 20.4 Å². The highest BCUT2D eigenvalue weighted by molar-refractivity contribution is 7.20. The van der Waals surface area contributed by atoms with Gasteiger partial charge in [-0.2, -0.15) is 4.98 Å². The molecule has 0 aliphatic rings. The molecule has 8 nitrogen and oxygen atoms in total. The first-order valence-electron chi connectivity index (χ1n) is 8.67. The third kappa shape index (κ3) is 3.31. The number of ether oxygens (including phenoxy) is 1. The van der Waals surface area contributed by atoms with Gasteiger partial charge in [0.05, 0.1) is 6.61 Å². The average molecular weight is 395 g/mol. The van der Waals surface area contributed by atoms with Crippen LogP contribution in [-0.4, -0.2) is 38.1 Å². The van der Waals surface area contributed by atoms with Crippen LogP contribution in [0, 0.1) is 13.8 Å². The second-order valence-corrected chi connectivity index (χ2v) is 7.31. The summed E-state index contributed by atoms with van der Waals surface area (Å²) in [6.45, 7) is 5.84. The first-order chi connectivity index (χ1) is 13.4. The van der Waals surface area contributed by atoms with Crippen LogP contribution in [0.2, 0.25) is 0 Å². The lowest BCUT2D eigenvalue weighted by atomic mass is 10.2. The first-order valence-corrected chi connectivity index (χ1v) is 9.49. The van der Waals surface area contributed by atoms with Crippen molar-refractivity contribution in [2.75, 3.05) is 11.9 Å². The van der Waals surface area contributed by atoms with Crippen LogP contribution in [0.4, 0.5) is 5.69 Å². The SMILES string of the molecule is CCOC(=O)c1cc2cc(NC(=O)c3nc4nc(C)cc(C)n4n3)ccc2s1. The predicted octanol–water partition coefficient (Wildman–Crippen LogP) is 3.38. The molecule has 0 bridgehead atoms. The fourth-order valence-electron chi connectivity index (χ4n) is 2.87. The van der Waals surface area contributed by atoms with Crippen molar-refractivity contribution >= 4 is 44.8 Å². The van der Waals surface area contributed by atoms with Gasteiger partial charge in [0.2, 0.25) is 5.82 Å². The number of aryl methyl sites for hydroxylation is 2. The van der Waals surface area contributed by atoms with Crippen LogP contribution in [0.15, 0.2) is 30.3 Å². The maximum atomic E-state index is 12.6. The molecule has 1 amide bonds. The Morgan fingerprint density at radius 2 is 2.00 bits per heavy atom. The number of nitrogens with zero attached hydrogens (tertiary/aromatic N) is 4.